The predicted molar refractivity (Wildman–Crippen MR) is 108 cm³/mol. The summed E-state index contributed by atoms with van der Waals surface area (Å²) in [5.74, 6) is -0.353. The molecule has 27 heavy (non-hydrogen) atoms. The Bertz CT molecular complexity index is 676. The number of benzene rings is 2. The fraction of sp³-hybridized carbons (Fsp3) is 0.409. The van der Waals surface area contributed by atoms with Gasteiger partial charge in [-0.2, -0.15) is 0 Å². The molecule has 0 aliphatic rings. The van der Waals surface area contributed by atoms with Crippen molar-refractivity contribution < 1.29 is 14.6 Å². The third-order valence-electron chi connectivity index (χ3n) is 4.59. The van der Waals surface area contributed by atoms with Gasteiger partial charge in [0, 0.05) is 11.6 Å². The highest BCUT2D eigenvalue weighted by Crippen LogP contribution is 2.21. The average molecular weight is 370 g/mol. The molecule has 0 fully saturated rings. The van der Waals surface area contributed by atoms with Gasteiger partial charge in [0.1, 0.15) is 0 Å². The number of para-hydroxylation sites is 1. The number of hydrogen-bond acceptors (Lipinski definition) is 4. The number of nitrogens with one attached hydrogen (secondary N) is 1. The van der Waals surface area contributed by atoms with Crippen molar-refractivity contribution in [2.45, 2.75) is 39.0 Å². The van der Waals surface area contributed by atoms with Gasteiger partial charge in [-0.1, -0.05) is 62.4 Å². The molecule has 2 rings (SSSR count). The van der Waals surface area contributed by atoms with E-state index < -0.39 is 12.1 Å². The number of carbonyl (C=O) groups is 1. The van der Waals surface area contributed by atoms with Gasteiger partial charge in [0.15, 0.2) is 0 Å². The number of aliphatic hydroxyl groups excluding tert-OH is 1. The Hall–Kier alpha value is -2.21. The van der Waals surface area contributed by atoms with Gasteiger partial charge in [-0.3, -0.25) is 4.79 Å². The average Bonchev–Trinajstić information content (AvgIpc) is 2.67. The first kappa shape index (κ1) is 21.1. The Morgan fingerprint density at radius 3 is 2.26 bits per heavy atom. The summed E-state index contributed by atoms with van der Waals surface area (Å²) < 4.78 is 5.62. The number of rotatable bonds is 10. The monoisotopic (exact) mass is 370 g/mol. The molecular weight excluding hydrogens is 340 g/mol. The van der Waals surface area contributed by atoms with Crippen LogP contribution < -0.4 is 11.1 Å². The number of ether oxygens (including phenoxy) is 1. The predicted octanol–water partition coefficient (Wildman–Crippen LogP) is 3.19. The van der Waals surface area contributed by atoms with E-state index in [-0.39, 0.29) is 24.3 Å². The van der Waals surface area contributed by atoms with Crippen LogP contribution in [0, 0.1) is 11.8 Å². The summed E-state index contributed by atoms with van der Waals surface area (Å²) in [4.78, 5) is 12.6. The smallest absolute Gasteiger partial charge is 0.227 e. The zero-order valence-electron chi connectivity index (χ0n) is 16.0. The Kier molecular flexibility index (Phi) is 8.45. The Morgan fingerprint density at radius 1 is 1.07 bits per heavy atom. The molecular formula is C22H30N2O3. The minimum Gasteiger partial charge on any atom is -0.391 e. The molecule has 0 saturated carbocycles. The quantitative estimate of drug-likeness (QED) is 0.600. The summed E-state index contributed by atoms with van der Waals surface area (Å²) in [5, 5.41) is 13.4. The van der Waals surface area contributed by atoms with Crippen molar-refractivity contribution in [2.24, 2.45) is 17.6 Å². The molecule has 0 aliphatic heterocycles. The van der Waals surface area contributed by atoms with Crippen LogP contribution in [0.15, 0.2) is 60.7 Å². The number of amides is 1. The largest absolute Gasteiger partial charge is 0.391 e. The highest BCUT2D eigenvalue weighted by molar-refractivity contribution is 5.92. The van der Waals surface area contributed by atoms with Gasteiger partial charge in [0.2, 0.25) is 5.91 Å². The summed E-state index contributed by atoms with van der Waals surface area (Å²) in [7, 11) is 0. The molecule has 2 aromatic carbocycles. The van der Waals surface area contributed by atoms with E-state index in [0.29, 0.717) is 13.0 Å². The van der Waals surface area contributed by atoms with Gasteiger partial charge in [-0.25, -0.2) is 0 Å². The highest BCUT2D eigenvalue weighted by atomic mass is 16.5. The number of anilines is 1. The molecule has 0 bridgehead atoms. The topological polar surface area (TPSA) is 84.6 Å². The molecule has 0 aliphatic carbocycles. The first-order valence-corrected chi connectivity index (χ1v) is 9.38. The zero-order chi connectivity index (χ0) is 19.6. The van der Waals surface area contributed by atoms with Crippen LogP contribution in [0.5, 0.6) is 0 Å². The Labute approximate surface area is 161 Å². The van der Waals surface area contributed by atoms with Gasteiger partial charge >= 0.3 is 0 Å². The second kappa shape index (κ2) is 10.8. The molecule has 4 N–H and O–H groups in total. The standard InChI is InChI=1S/C22H30N2O3/c1-16(2)19(22(26)24-18-11-7-4-8-12-18)13-21(25)20(23)15-27-14-17-9-5-3-6-10-17/h3-12,16,19-21,25H,13-15,23H2,1-2H3,(H,24,26)/t19-,20-,21-/m0/s1. The molecule has 0 heterocycles. The lowest BCUT2D eigenvalue weighted by atomic mass is 9.87. The van der Waals surface area contributed by atoms with Crippen molar-refractivity contribution in [3.05, 3.63) is 66.2 Å². The summed E-state index contributed by atoms with van der Waals surface area (Å²) in [6, 6.07) is 18.6. The molecule has 0 aromatic heterocycles. The molecule has 0 unspecified atom stereocenters. The van der Waals surface area contributed by atoms with Gasteiger partial charge in [-0.05, 0) is 30.0 Å². The minimum absolute atomic E-state index is 0.0841. The molecule has 0 radical (unpaired) electrons. The lowest BCUT2D eigenvalue weighted by molar-refractivity contribution is -0.122. The number of aliphatic hydroxyl groups is 1. The lowest BCUT2D eigenvalue weighted by Crippen LogP contribution is -2.42. The fourth-order valence-corrected chi connectivity index (χ4v) is 2.87. The highest BCUT2D eigenvalue weighted by Gasteiger charge is 2.28. The number of nitrogens with two attached hydrogens (primary N) is 1. The van der Waals surface area contributed by atoms with E-state index in [1.54, 1.807) is 0 Å². The van der Waals surface area contributed by atoms with Crippen molar-refractivity contribution in [1.82, 2.24) is 0 Å². The third kappa shape index (κ3) is 7.13. The molecule has 5 nitrogen and oxygen atoms in total. The van der Waals surface area contributed by atoms with E-state index in [0.717, 1.165) is 11.3 Å². The van der Waals surface area contributed by atoms with Crippen LogP contribution in [-0.2, 0) is 16.1 Å². The Balaban J connectivity index is 1.83. The van der Waals surface area contributed by atoms with E-state index >= 15 is 0 Å². The van der Waals surface area contributed by atoms with Crippen LogP contribution in [0.4, 0.5) is 5.69 Å². The fourth-order valence-electron chi connectivity index (χ4n) is 2.87. The molecule has 2 aromatic rings. The SMILES string of the molecule is CC(C)[C@H](C[C@H](O)[C@@H](N)COCc1ccccc1)C(=O)Nc1ccccc1. The van der Waals surface area contributed by atoms with Crippen molar-refractivity contribution >= 4 is 11.6 Å². The molecule has 1 amide bonds. The number of carbonyl (C=O) groups excluding carboxylic acids is 1. The third-order valence-corrected chi connectivity index (χ3v) is 4.59. The second-order valence-electron chi connectivity index (χ2n) is 7.17. The molecule has 5 heteroatoms. The van der Waals surface area contributed by atoms with Crippen molar-refractivity contribution in [2.75, 3.05) is 11.9 Å². The normalized spacial score (nSPS) is 14.6. The van der Waals surface area contributed by atoms with E-state index in [9.17, 15) is 9.90 Å². The van der Waals surface area contributed by atoms with E-state index in [2.05, 4.69) is 5.32 Å². The maximum atomic E-state index is 12.6. The molecule has 0 spiro atoms. The van der Waals surface area contributed by atoms with Crippen LogP contribution in [0.25, 0.3) is 0 Å². The summed E-state index contributed by atoms with van der Waals surface area (Å²) in [6.07, 6.45) is -0.513. The molecule has 3 atom stereocenters. The summed E-state index contributed by atoms with van der Waals surface area (Å²) in [5.41, 5.74) is 7.88. The van der Waals surface area contributed by atoms with Crippen LogP contribution in [-0.4, -0.2) is 29.8 Å². The number of hydrogen-bond donors (Lipinski definition) is 3. The van der Waals surface area contributed by atoms with E-state index in [1.165, 1.54) is 0 Å². The molecule has 146 valence electrons. The van der Waals surface area contributed by atoms with E-state index in [1.807, 2.05) is 74.5 Å². The van der Waals surface area contributed by atoms with Gasteiger partial charge in [-0.15, -0.1) is 0 Å². The van der Waals surface area contributed by atoms with Gasteiger partial charge in [0.05, 0.1) is 25.4 Å². The first-order valence-electron chi connectivity index (χ1n) is 9.38. The summed E-state index contributed by atoms with van der Waals surface area (Å²) in [6.45, 7) is 4.63. The Morgan fingerprint density at radius 2 is 1.67 bits per heavy atom. The maximum absolute atomic E-state index is 12.6. The zero-order valence-corrected chi connectivity index (χ0v) is 16.0. The maximum Gasteiger partial charge on any atom is 0.227 e. The van der Waals surface area contributed by atoms with Crippen LogP contribution in [0.2, 0.25) is 0 Å². The van der Waals surface area contributed by atoms with Gasteiger partial charge in [0.25, 0.3) is 0 Å². The minimum atomic E-state index is -0.810. The van der Waals surface area contributed by atoms with Crippen LogP contribution >= 0.6 is 0 Å². The van der Waals surface area contributed by atoms with Gasteiger partial charge < -0.3 is 20.9 Å². The van der Waals surface area contributed by atoms with Crippen molar-refractivity contribution in [3.8, 4) is 0 Å². The second-order valence-corrected chi connectivity index (χ2v) is 7.17. The summed E-state index contributed by atoms with van der Waals surface area (Å²) >= 11 is 0. The lowest BCUT2D eigenvalue weighted by Gasteiger charge is -2.26. The first-order chi connectivity index (χ1) is 13.0. The van der Waals surface area contributed by atoms with Crippen molar-refractivity contribution in [3.63, 3.8) is 0 Å². The molecule has 0 saturated heterocycles. The van der Waals surface area contributed by atoms with Crippen LogP contribution in [0.1, 0.15) is 25.8 Å². The van der Waals surface area contributed by atoms with E-state index in [4.69, 9.17) is 10.5 Å². The van der Waals surface area contributed by atoms with Crippen LogP contribution in [0.3, 0.4) is 0 Å². The van der Waals surface area contributed by atoms with Crippen molar-refractivity contribution in [1.29, 1.82) is 0 Å².